The molecule has 1 saturated heterocycles. The lowest BCUT2D eigenvalue weighted by Crippen LogP contribution is -2.32. The van der Waals surface area contributed by atoms with Crippen molar-refractivity contribution < 1.29 is 13.2 Å². The Morgan fingerprint density at radius 1 is 1.41 bits per heavy atom. The van der Waals surface area contributed by atoms with Crippen LogP contribution < -0.4 is 4.72 Å². The molecule has 2 aliphatic heterocycles. The van der Waals surface area contributed by atoms with Crippen LogP contribution in [-0.2, 0) is 34.3 Å². The van der Waals surface area contributed by atoms with Crippen molar-refractivity contribution in [3.8, 4) is 0 Å². The number of hydrogen-bond donors (Lipinski definition) is 1. The Balaban J connectivity index is 1.60. The molecule has 2 aliphatic rings. The van der Waals surface area contributed by atoms with Gasteiger partial charge in [-0.1, -0.05) is 0 Å². The minimum absolute atomic E-state index is 0.308. The third-order valence-electron chi connectivity index (χ3n) is 4.37. The Hall–Kier alpha value is -0.960. The SMILES string of the molecule is CS(=O)(=O)NCc1cnc2n1CCN(CC1CCOC1)CC2. The van der Waals surface area contributed by atoms with Gasteiger partial charge in [-0.15, -0.1) is 0 Å². The van der Waals surface area contributed by atoms with Crippen molar-refractivity contribution in [3.05, 3.63) is 17.7 Å². The Bertz CT molecular complexity index is 608. The molecule has 0 aromatic carbocycles. The van der Waals surface area contributed by atoms with Gasteiger partial charge in [0.15, 0.2) is 0 Å². The number of hydrogen-bond acceptors (Lipinski definition) is 5. The van der Waals surface area contributed by atoms with Crippen molar-refractivity contribution in [2.24, 2.45) is 5.92 Å². The average Bonchev–Trinajstić information content (AvgIpc) is 3.04. The second-order valence-corrected chi connectivity index (χ2v) is 8.02. The highest BCUT2D eigenvalue weighted by molar-refractivity contribution is 7.88. The van der Waals surface area contributed by atoms with Gasteiger partial charge in [0.05, 0.1) is 25.1 Å². The number of nitrogens with one attached hydrogen (secondary N) is 1. The Labute approximate surface area is 131 Å². The minimum Gasteiger partial charge on any atom is -0.381 e. The molecule has 0 spiro atoms. The van der Waals surface area contributed by atoms with E-state index in [-0.39, 0.29) is 0 Å². The van der Waals surface area contributed by atoms with Crippen LogP contribution in [0.2, 0.25) is 0 Å². The molecular formula is C14H24N4O3S. The molecule has 1 unspecified atom stereocenters. The maximum Gasteiger partial charge on any atom is 0.209 e. The summed E-state index contributed by atoms with van der Waals surface area (Å²) in [6.45, 7) is 6.01. The van der Waals surface area contributed by atoms with Crippen molar-refractivity contribution in [2.45, 2.75) is 25.9 Å². The summed E-state index contributed by atoms with van der Waals surface area (Å²) >= 11 is 0. The first-order valence-corrected chi connectivity index (χ1v) is 9.68. The minimum atomic E-state index is -3.18. The molecule has 3 heterocycles. The van der Waals surface area contributed by atoms with Crippen molar-refractivity contribution in [3.63, 3.8) is 0 Å². The molecule has 0 amide bonds. The first-order chi connectivity index (χ1) is 10.5. The predicted octanol–water partition coefficient (Wildman–Crippen LogP) is -0.173. The van der Waals surface area contributed by atoms with Gasteiger partial charge in [-0.05, 0) is 12.3 Å². The molecule has 1 aromatic heterocycles. The van der Waals surface area contributed by atoms with Gasteiger partial charge in [0, 0.05) is 45.4 Å². The zero-order valence-corrected chi connectivity index (χ0v) is 13.8. The van der Waals surface area contributed by atoms with E-state index in [1.165, 1.54) is 6.26 Å². The molecule has 0 bridgehead atoms. The smallest absolute Gasteiger partial charge is 0.209 e. The number of fused-ring (bicyclic) bond motifs is 1. The van der Waals surface area contributed by atoms with E-state index in [0.29, 0.717) is 12.5 Å². The Morgan fingerprint density at radius 2 is 2.27 bits per heavy atom. The van der Waals surface area contributed by atoms with E-state index in [2.05, 4.69) is 19.2 Å². The van der Waals surface area contributed by atoms with Gasteiger partial charge in [-0.2, -0.15) is 0 Å². The molecule has 1 atom stereocenters. The van der Waals surface area contributed by atoms with E-state index in [0.717, 1.165) is 63.8 Å². The fraction of sp³-hybridized carbons (Fsp3) is 0.786. The van der Waals surface area contributed by atoms with Crippen LogP contribution in [-0.4, -0.2) is 62.0 Å². The molecule has 7 nitrogen and oxygen atoms in total. The molecular weight excluding hydrogens is 304 g/mol. The lowest BCUT2D eigenvalue weighted by Gasteiger charge is -2.22. The van der Waals surface area contributed by atoms with E-state index in [4.69, 9.17) is 4.74 Å². The monoisotopic (exact) mass is 328 g/mol. The van der Waals surface area contributed by atoms with Crippen LogP contribution in [0, 0.1) is 5.92 Å². The van der Waals surface area contributed by atoms with Crippen molar-refractivity contribution in [1.29, 1.82) is 0 Å². The number of ether oxygens (including phenoxy) is 1. The summed E-state index contributed by atoms with van der Waals surface area (Å²) in [4.78, 5) is 6.93. The Kier molecular flexibility index (Phi) is 4.82. The molecule has 0 aliphatic carbocycles. The maximum absolute atomic E-state index is 11.2. The molecule has 22 heavy (non-hydrogen) atoms. The van der Waals surface area contributed by atoms with Gasteiger partial charge >= 0.3 is 0 Å². The number of nitrogens with zero attached hydrogens (tertiary/aromatic N) is 3. The standard InChI is InChI=1S/C14H24N4O3S/c1-22(19,20)16-9-13-8-15-14-2-4-17(5-6-18(13)14)10-12-3-7-21-11-12/h8,12,16H,2-7,9-11H2,1H3. The average molecular weight is 328 g/mol. The van der Waals surface area contributed by atoms with E-state index >= 15 is 0 Å². The fourth-order valence-electron chi connectivity index (χ4n) is 3.16. The first kappa shape index (κ1) is 15.9. The second-order valence-electron chi connectivity index (χ2n) is 6.19. The second kappa shape index (κ2) is 6.66. The van der Waals surface area contributed by atoms with Gasteiger partial charge < -0.3 is 14.2 Å². The third-order valence-corrected chi connectivity index (χ3v) is 5.04. The summed E-state index contributed by atoms with van der Waals surface area (Å²) in [6, 6.07) is 0. The number of rotatable bonds is 5. The van der Waals surface area contributed by atoms with E-state index in [1.807, 2.05) is 0 Å². The molecule has 1 N–H and O–H groups in total. The summed E-state index contributed by atoms with van der Waals surface area (Å²) in [7, 11) is -3.18. The highest BCUT2D eigenvalue weighted by Crippen LogP contribution is 2.17. The van der Waals surface area contributed by atoms with Crippen LogP contribution in [0.15, 0.2) is 6.20 Å². The topological polar surface area (TPSA) is 76.5 Å². The molecule has 3 rings (SSSR count). The van der Waals surface area contributed by atoms with Crippen LogP contribution >= 0.6 is 0 Å². The lowest BCUT2D eigenvalue weighted by atomic mass is 10.1. The molecule has 8 heteroatoms. The van der Waals surface area contributed by atoms with Crippen molar-refractivity contribution >= 4 is 10.0 Å². The van der Waals surface area contributed by atoms with Crippen LogP contribution in [0.1, 0.15) is 17.9 Å². The number of aromatic nitrogens is 2. The first-order valence-electron chi connectivity index (χ1n) is 7.79. The zero-order valence-electron chi connectivity index (χ0n) is 13.0. The molecule has 124 valence electrons. The maximum atomic E-state index is 11.2. The summed E-state index contributed by atoms with van der Waals surface area (Å²) in [5, 5.41) is 0. The van der Waals surface area contributed by atoms with E-state index in [1.54, 1.807) is 6.20 Å². The van der Waals surface area contributed by atoms with E-state index < -0.39 is 10.0 Å². The predicted molar refractivity (Wildman–Crippen MR) is 83.0 cm³/mol. The van der Waals surface area contributed by atoms with E-state index in [9.17, 15) is 8.42 Å². The van der Waals surface area contributed by atoms with Crippen LogP contribution in [0.25, 0.3) is 0 Å². The summed E-state index contributed by atoms with van der Waals surface area (Å²) < 4.78 is 32.6. The Morgan fingerprint density at radius 3 is 3.00 bits per heavy atom. The number of sulfonamides is 1. The quantitative estimate of drug-likeness (QED) is 0.812. The largest absolute Gasteiger partial charge is 0.381 e. The van der Waals surface area contributed by atoms with Gasteiger partial charge in [0.2, 0.25) is 10.0 Å². The summed E-state index contributed by atoms with van der Waals surface area (Å²) in [5.74, 6) is 1.70. The van der Waals surface area contributed by atoms with Gasteiger partial charge in [0.1, 0.15) is 5.82 Å². The van der Waals surface area contributed by atoms with Crippen molar-refractivity contribution in [1.82, 2.24) is 19.2 Å². The fourth-order valence-corrected chi connectivity index (χ4v) is 3.57. The zero-order chi connectivity index (χ0) is 15.6. The van der Waals surface area contributed by atoms with Crippen molar-refractivity contribution in [2.75, 3.05) is 39.1 Å². The molecule has 1 fully saturated rings. The molecule has 1 aromatic rings. The van der Waals surface area contributed by atoms with Crippen LogP contribution in [0.4, 0.5) is 0 Å². The normalized spacial score (nSPS) is 23.4. The van der Waals surface area contributed by atoms with Crippen LogP contribution in [0.5, 0.6) is 0 Å². The van der Waals surface area contributed by atoms with Crippen LogP contribution in [0.3, 0.4) is 0 Å². The summed E-state index contributed by atoms with van der Waals surface area (Å²) in [5.41, 5.74) is 0.937. The molecule has 0 radical (unpaired) electrons. The number of imidazole rings is 1. The third kappa shape index (κ3) is 4.07. The van der Waals surface area contributed by atoms with Gasteiger partial charge in [-0.3, -0.25) is 0 Å². The lowest BCUT2D eigenvalue weighted by molar-refractivity contribution is 0.167. The van der Waals surface area contributed by atoms with Gasteiger partial charge in [-0.25, -0.2) is 18.1 Å². The summed E-state index contributed by atoms with van der Waals surface area (Å²) in [6.07, 6.45) is 5.03. The highest BCUT2D eigenvalue weighted by Gasteiger charge is 2.22. The van der Waals surface area contributed by atoms with Gasteiger partial charge in [0.25, 0.3) is 0 Å². The highest BCUT2D eigenvalue weighted by atomic mass is 32.2. The molecule has 0 saturated carbocycles.